The van der Waals surface area contributed by atoms with Crippen molar-refractivity contribution >= 4 is 6.09 Å². The van der Waals surface area contributed by atoms with Crippen LogP contribution in [0, 0.1) is 0 Å². The number of hydrogen-bond acceptors (Lipinski definition) is 4. The van der Waals surface area contributed by atoms with Crippen molar-refractivity contribution in [1.82, 2.24) is 10.4 Å². The highest BCUT2D eigenvalue weighted by Crippen LogP contribution is 2.39. The lowest BCUT2D eigenvalue weighted by atomic mass is 9.80. The second-order valence-electron chi connectivity index (χ2n) is 8.21. The number of hydrogen-bond donors (Lipinski definition) is 1. The standard InChI is InChI=1S/C19H38N2O3/c1-7-8-9-10-11-12-13-23-21-18(2,3)14-16(15-19(21,4)5)24-17(22)20-6/h16H,7-15H2,1-6H3,(H,20,22). The van der Waals surface area contributed by atoms with Crippen molar-refractivity contribution in [1.29, 1.82) is 0 Å². The highest BCUT2D eigenvalue weighted by Gasteiger charge is 2.47. The molecule has 1 saturated heterocycles. The van der Waals surface area contributed by atoms with Gasteiger partial charge in [0.1, 0.15) is 6.10 Å². The summed E-state index contributed by atoms with van der Waals surface area (Å²) in [7, 11) is 1.59. The SMILES string of the molecule is CCCCCCCCON1C(C)(C)CC(OC(=O)NC)CC1(C)C. The van der Waals surface area contributed by atoms with Crippen molar-refractivity contribution < 1.29 is 14.4 Å². The van der Waals surface area contributed by atoms with Crippen LogP contribution in [0.5, 0.6) is 0 Å². The molecule has 1 heterocycles. The predicted molar refractivity (Wildman–Crippen MR) is 97.9 cm³/mol. The first-order valence-electron chi connectivity index (χ1n) is 9.54. The van der Waals surface area contributed by atoms with E-state index in [2.05, 4.69) is 45.0 Å². The van der Waals surface area contributed by atoms with Crippen LogP contribution in [0.3, 0.4) is 0 Å². The summed E-state index contributed by atoms with van der Waals surface area (Å²) in [6.07, 6.45) is 8.70. The second kappa shape index (κ2) is 9.62. The van der Waals surface area contributed by atoms with Crippen molar-refractivity contribution in [3.63, 3.8) is 0 Å². The summed E-state index contributed by atoms with van der Waals surface area (Å²) in [4.78, 5) is 17.7. The quantitative estimate of drug-likeness (QED) is 0.619. The molecule has 0 radical (unpaired) electrons. The van der Waals surface area contributed by atoms with Crippen LogP contribution in [0.2, 0.25) is 0 Å². The number of amides is 1. The minimum atomic E-state index is -0.354. The Bertz CT molecular complexity index is 365. The third-order valence-corrected chi connectivity index (χ3v) is 4.75. The minimum absolute atomic E-state index is 0.0798. The second-order valence-corrected chi connectivity index (χ2v) is 8.21. The lowest BCUT2D eigenvalue weighted by Gasteiger charge is -2.53. The number of piperidine rings is 1. The Morgan fingerprint density at radius 1 is 1.04 bits per heavy atom. The Kier molecular flexibility index (Phi) is 8.51. The van der Waals surface area contributed by atoms with Crippen LogP contribution >= 0.6 is 0 Å². The van der Waals surface area contributed by atoms with Crippen LogP contribution in [-0.4, -0.2) is 42.0 Å². The zero-order chi connectivity index (χ0) is 18.2. The van der Waals surface area contributed by atoms with E-state index in [1.54, 1.807) is 7.05 Å². The maximum Gasteiger partial charge on any atom is 0.407 e. The van der Waals surface area contributed by atoms with Gasteiger partial charge in [-0.25, -0.2) is 4.79 Å². The lowest BCUT2D eigenvalue weighted by molar-refractivity contribution is -0.292. The van der Waals surface area contributed by atoms with E-state index in [0.29, 0.717) is 0 Å². The number of alkyl carbamates (subject to hydrolysis) is 1. The van der Waals surface area contributed by atoms with Crippen molar-refractivity contribution in [2.75, 3.05) is 13.7 Å². The lowest BCUT2D eigenvalue weighted by Crippen LogP contribution is -2.62. The maximum absolute atomic E-state index is 11.5. The molecular formula is C19H38N2O3. The number of hydroxylamine groups is 2. The van der Waals surface area contributed by atoms with Crippen LogP contribution in [0.25, 0.3) is 0 Å². The predicted octanol–water partition coefficient (Wildman–Crippen LogP) is 4.66. The number of nitrogens with one attached hydrogen (secondary N) is 1. The molecule has 0 unspecified atom stereocenters. The molecule has 0 bridgehead atoms. The number of carbonyl (C=O) groups is 1. The summed E-state index contributed by atoms with van der Waals surface area (Å²) >= 11 is 0. The molecule has 0 saturated carbocycles. The fourth-order valence-corrected chi connectivity index (χ4v) is 3.85. The Morgan fingerprint density at radius 2 is 1.58 bits per heavy atom. The molecule has 5 nitrogen and oxygen atoms in total. The molecule has 0 aromatic rings. The van der Waals surface area contributed by atoms with E-state index in [9.17, 15) is 4.79 Å². The van der Waals surface area contributed by atoms with Gasteiger partial charge in [-0.3, -0.25) is 4.84 Å². The molecular weight excluding hydrogens is 304 g/mol. The monoisotopic (exact) mass is 342 g/mol. The van der Waals surface area contributed by atoms with Gasteiger partial charge in [-0.2, -0.15) is 5.06 Å². The molecule has 0 aromatic carbocycles. The Morgan fingerprint density at radius 3 is 2.12 bits per heavy atom. The number of carbonyl (C=O) groups excluding carboxylic acids is 1. The van der Waals surface area contributed by atoms with Gasteiger partial charge in [0.15, 0.2) is 0 Å². The van der Waals surface area contributed by atoms with Crippen LogP contribution < -0.4 is 5.32 Å². The third kappa shape index (κ3) is 6.60. The average Bonchev–Trinajstić information content (AvgIpc) is 2.47. The normalized spacial score (nSPS) is 20.8. The zero-order valence-corrected chi connectivity index (χ0v) is 16.6. The summed E-state index contributed by atoms with van der Waals surface area (Å²) in [5.74, 6) is 0. The van der Waals surface area contributed by atoms with Crippen molar-refractivity contribution in [2.45, 2.75) is 103 Å². The first-order valence-corrected chi connectivity index (χ1v) is 9.54. The van der Waals surface area contributed by atoms with E-state index in [1.165, 1.54) is 32.1 Å². The van der Waals surface area contributed by atoms with Crippen molar-refractivity contribution in [3.05, 3.63) is 0 Å². The van der Waals surface area contributed by atoms with Crippen LogP contribution in [0.1, 0.15) is 86.0 Å². The number of ether oxygens (including phenoxy) is 1. The van der Waals surface area contributed by atoms with Gasteiger partial charge in [0.2, 0.25) is 0 Å². The molecule has 1 aliphatic heterocycles. The van der Waals surface area contributed by atoms with Gasteiger partial charge in [0.25, 0.3) is 0 Å². The molecule has 1 amide bonds. The number of rotatable bonds is 9. The van der Waals surface area contributed by atoms with E-state index in [4.69, 9.17) is 9.57 Å². The van der Waals surface area contributed by atoms with Gasteiger partial charge in [-0.1, -0.05) is 39.0 Å². The molecule has 0 spiro atoms. The Hall–Kier alpha value is -0.810. The van der Waals surface area contributed by atoms with E-state index in [0.717, 1.165) is 25.9 Å². The van der Waals surface area contributed by atoms with Crippen LogP contribution in [0.4, 0.5) is 4.79 Å². The molecule has 5 heteroatoms. The molecule has 0 atom stereocenters. The third-order valence-electron chi connectivity index (χ3n) is 4.75. The largest absolute Gasteiger partial charge is 0.446 e. The minimum Gasteiger partial charge on any atom is -0.446 e. The molecule has 1 aliphatic rings. The Labute approximate surface area is 148 Å². The van der Waals surface area contributed by atoms with Gasteiger partial charge in [0, 0.05) is 31.0 Å². The summed E-state index contributed by atoms with van der Waals surface area (Å²) in [5, 5.41) is 4.67. The first kappa shape index (κ1) is 21.2. The molecule has 0 aliphatic carbocycles. The fourth-order valence-electron chi connectivity index (χ4n) is 3.85. The number of unbranched alkanes of at least 4 members (excludes halogenated alkanes) is 5. The summed E-state index contributed by atoms with van der Waals surface area (Å²) in [6, 6.07) is 0. The Balaban J connectivity index is 2.48. The maximum atomic E-state index is 11.5. The molecule has 24 heavy (non-hydrogen) atoms. The average molecular weight is 343 g/mol. The van der Waals surface area contributed by atoms with Crippen molar-refractivity contribution in [3.8, 4) is 0 Å². The molecule has 1 fully saturated rings. The summed E-state index contributed by atoms with van der Waals surface area (Å²) in [5.41, 5.74) is -0.328. The van der Waals surface area contributed by atoms with Crippen molar-refractivity contribution in [2.24, 2.45) is 0 Å². The molecule has 0 aromatic heterocycles. The van der Waals surface area contributed by atoms with Gasteiger partial charge < -0.3 is 10.1 Å². The highest BCUT2D eigenvalue weighted by molar-refractivity contribution is 5.66. The fraction of sp³-hybridized carbons (Fsp3) is 0.947. The summed E-state index contributed by atoms with van der Waals surface area (Å²) in [6.45, 7) is 11.7. The van der Waals surface area contributed by atoms with Gasteiger partial charge in [0.05, 0.1) is 6.61 Å². The topological polar surface area (TPSA) is 50.8 Å². The first-order chi connectivity index (χ1) is 11.2. The van der Waals surface area contributed by atoms with Gasteiger partial charge >= 0.3 is 6.09 Å². The van der Waals surface area contributed by atoms with E-state index in [1.807, 2.05) is 0 Å². The van der Waals surface area contributed by atoms with E-state index >= 15 is 0 Å². The number of nitrogens with zero attached hydrogens (tertiary/aromatic N) is 1. The van der Waals surface area contributed by atoms with Crippen LogP contribution in [-0.2, 0) is 9.57 Å². The van der Waals surface area contributed by atoms with E-state index in [-0.39, 0.29) is 23.3 Å². The van der Waals surface area contributed by atoms with Gasteiger partial charge in [-0.15, -0.1) is 0 Å². The molecule has 142 valence electrons. The molecule has 1 N–H and O–H groups in total. The zero-order valence-electron chi connectivity index (χ0n) is 16.6. The van der Waals surface area contributed by atoms with Crippen LogP contribution in [0.15, 0.2) is 0 Å². The smallest absolute Gasteiger partial charge is 0.407 e. The van der Waals surface area contributed by atoms with Gasteiger partial charge in [-0.05, 0) is 34.1 Å². The highest BCUT2D eigenvalue weighted by atomic mass is 16.7. The summed E-state index contributed by atoms with van der Waals surface area (Å²) < 4.78 is 5.51. The molecule has 1 rings (SSSR count). The van der Waals surface area contributed by atoms with E-state index < -0.39 is 0 Å².